The predicted octanol–water partition coefficient (Wildman–Crippen LogP) is 3.50. The number of carbonyl (C=O) groups is 2. The summed E-state index contributed by atoms with van der Waals surface area (Å²) in [5.74, 6) is -2.38. The van der Waals surface area contributed by atoms with Crippen molar-refractivity contribution in [2.75, 3.05) is 31.6 Å². The van der Waals surface area contributed by atoms with Gasteiger partial charge in [0.1, 0.15) is 29.1 Å². The van der Waals surface area contributed by atoms with Gasteiger partial charge in [0.25, 0.3) is 5.91 Å². The third-order valence-corrected chi connectivity index (χ3v) is 6.15. The molecule has 3 rings (SSSR count). The van der Waals surface area contributed by atoms with Gasteiger partial charge in [-0.15, -0.1) is 11.3 Å². The molecular formula is C23H25F2N5O4S. The van der Waals surface area contributed by atoms with Crippen LogP contribution in [0.3, 0.4) is 0 Å². The zero-order chi connectivity index (χ0) is 25.8. The topological polar surface area (TPSA) is 130 Å². The van der Waals surface area contributed by atoms with E-state index in [-0.39, 0.29) is 38.5 Å². The van der Waals surface area contributed by atoms with Crippen LogP contribution in [-0.4, -0.2) is 61.2 Å². The van der Waals surface area contributed by atoms with Crippen molar-refractivity contribution in [3.8, 4) is 10.4 Å². The van der Waals surface area contributed by atoms with Crippen LogP contribution in [0.5, 0.6) is 0 Å². The molecule has 1 saturated heterocycles. The van der Waals surface area contributed by atoms with Crippen molar-refractivity contribution in [2.24, 2.45) is 15.7 Å². The highest BCUT2D eigenvalue weighted by molar-refractivity contribution is 7.19. The van der Waals surface area contributed by atoms with Crippen molar-refractivity contribution in [3.63, 3.8) is 0 Å². The van der Waals surface area contributed by atoms with Crippen molar-refractivity contribution in [1.29, 1.82) is 0 Å². The summed E-state index contributed by atoms with van der Waals surface area (Å²) in [6.45, 7) is 7.91. The lowest BCUT2D eigenvalue weighted by Gasteiger charge is -2.18. The number of aliphatic imine (C=N–C) groups is 2. The van der Waals surface area contributed by atoms with E-state index < -0.39 is 23.1 Å². The summed E-state index contributed by atoms with van der Waals surface area (Å²) in [5, 5.41) is 13.1. The molecule has 1 aliphatic rings. The van der Waals surface area contributed by atoms with Gasteiger partial charge in [0.15, 0.2) is 0 Å². The number of hydrogen-bond donors (Lipinski definition) is 3. The van der Waals surface area contributed by atoms with Crippen LogP contribution in [0.2, 0.25) is 0 Å². The number of benzene rings is 1. The molecule has 2 heterocycles. The van der Waals surface area contributed by atoms with Crippen LogP contribution in [0.4, 0.5) is 18.6 Å². The zero-order valence-electron chi connectivity index (χ0n) is 19.2. The van der Waals surface area contributed by atoms with E-state index in [0.29, 0.717) is 26.2 Å². The molecule has 0 aliphatic carbocycles. The van der Waals surface area contributed by atoms with Crippen LogP contribution in [0, 0.1) is 11.6 Å². The Hall–Kier alpha value is -3.64. The predicted molar refractivity (Wildman–Crippen MR) is 131 cm³/mol. The van der Waals surface area contributed by atoms with Gasteiger partial charge >= 0.3 is 6.09 Å². The Kier molecular flexibility index (Phi) is 7.97. The van der Waals surface area contributed by atoms with Gasteiger partial charge in [-0.2, -0.15) is 0 Å². The molecule has 1 aromatic carbocycles. The molecule has 0 unspecified atom stereocenters. The van der Waals surface area contributed by atoms with Crippen molar-refractivity contribution < 1.29 is 28.2 Å². The lowest BCUT2D eigenvalue weighted by molar-refractivity contribution is 0.0778. The monoisotopic (exact) mass is 505 g/mol. The number of allylic oxidation sites excluding steroid dienone is 1. The van der Waals surface area contributed by atoms with E-state index >= 15 is 0 Å². The largest absolute Gasteiger partial charge is 0.448 e. The van der Waals surface area contributed by atoms with E-state index in [1.54, 1.807) is 0 Å². The summed E-state index contributed by atoms with van der Waals surface area (Å²) >= 11 is 0.901. The fourth-order valence-corrected chi connectivity index (χ4v) is 4.33. The molecule has 2 amide bonds. The number of aliphatic hydroxyl groups is 1. The van der Waals surface area contributed by atoms with Crippen molar-refractivity contribution in [1.82, 2.24) is 4.90 Å². The molecule has 2 aromatic rings. The van der Waals surface area contributed by atoms with Gasteiger partial charge in [-0.25, -0.2) is 18.6 Å². The Bertz CT molecular complexity index is 1180. The minimum absolute atomic E-state index is 0.00870. The number of thiophene rings is 1. The molecule has 4 N–H and O–H groups in total. The summed E-state index contributed by atoms with van der Waals surface area (Å²) in [6.07, 6.45) is 2.56. The Morgan fingerprint density at radius 1 is 1.37 bits per heavy atom. The van der Waals surface area contributed by atoms with Gasteiger partial charge in [-0.05, 0) is 50.4 Å². The number of halogens is 2. The summed E-state index contributed by atoms with van der Waals surface area (Å²) in [5.41, 5.74) is 3.76. The Morgan fingerprint density at radius 3 is 2.60 bits per heavy atom. The first kappa shape index (κ1) is 26.0. The van der Waals surface area contributed by atoms with Gasteiger partial charge in [0.05, 0.1) is 29.8 Å². The van der Waals surface area contributed by atoms with Gasteiger partial charge in [0.2, 0.25) is 0 Å². The second kappa shape index (κ2) is 10.7. The SMILES string of the molecule is C=N/C(=C\C=NCCN1CCOC1=O)Nc1sc(-c2c(F)cc(C(C)(C)O)cc2F)cc1C(N)=O. The molecule has 0 atom stereocenters. The normalized spacial score (nSPS) is 14.5. The lowest BCUT2D eigenvalue weighted by Crippen LogP contribution is -2.26. The van der Waals surface area contributed by atoms with Crippen molar-refractivity contribution in [3.05, 3.63) is 52.9 Å². The number of carbonyl (C=O) groups excluding carboxylic acids is 2. The number of primary amides is 1. The molecule has 12 heteroatoms. The fraction of sp³-hybridized carbons (Fsp3) is 0.304. The van der Waals surface area contributed by atoms with Crippen LogP contribution in [0.1, 0.15) is 29.8 Å². The molecule has 0 radical (unpaired) electrons. The number of nitrogens with one attached hydrogen (secondary N) is 1. The van der Waals surface area contributed by atoms with Crippen LogP contribution in [0.25, 0.3) is 10.4 Å². The first-order chi connectivity index (χ1) is 16.5. The number of ether oxygens (including phenoxy) is 1. The van der Waals surface area contributed by atoms with Gasteiger partial charge in [-0.1, -0.05) is 0 Å². The smallest absolute Gasteiger partial charge is 0.410 e. The first-order valence-corrected chi connectivity index (χ1v) is 11.3. The molecule has 1 aromatic heterocycles. The maximum Gasteiger partial charge on any atom is 0.410 e. The van der Waals surface area contributed by atoms with E-state index in [9.17, 15) is 23.5 Å². The van der Waals surface area contributed by atoms with E-state index in [4.69, 9.17) is 10.5 Å². The second-order valence-corrected chi connectivity index (χ2v) is 9.14. The maximum absolute atomic E-state index is 14.8. The third-order valence-electron chi connectivity index (χ3n) is 5.09. The third kappa shape index (κ3) is 6.28. The average molecular weight is 506 g/mol. The van der Waals surface area contributed by atoms with Crippen molar-refractivity contribution >= 4 is 41.3 Å². The highest BCUT2D eigenvalue weighted by Gasteiger charge is 2.24. The summed E-state index contributed by atoms with van der Waals surface area (Å²) in [6, 6.07) is 3.37. The van der Waals surface area contributed by atoms with Gasteiger partial charge < -0.3 is 25.8 Å². The Morgan fingerprint density at radius 2 is 2.06 bits per heavy atom. The standard InChI is InChI=1S/C23H25F2N5O4S/c1-23(2,33)13-10-15(24)19(16(25)11-13)17-12-14(20(26)31)21(35-17)29-18(27-3)4-5-28-6-7-30-8-9-34-22(30)32/h4-5,10-12,29,33H,3,6-9H2,1-2H3,(H2,26,31)/b18-4+,28-5?. The van der Waals surface area contributed by atoms with Gasteiger partial charge in [-0.3, -0.25) is 9.79 Å². The quantitative estimate of drug-likeness (QED) is 0.426. The van der Waals surface area contributed by atoms with Crippen molar-refractivity contribution in [2.45, 2.75) is 19.4 Å². The number of nitrogens with zero attached hydrogens (tertiary/aromatic N) is 3. The molecule has 35 heavy (non-hydrogen) atoms. The Balaban J connectivity index is 1.81. The number of nitrogens with two attached hydrogens (primary N) is 1. The number of rotatable bonds is 10. The number of amides is 2. The van der Waals surface area contributed by atoms with Crippen LogP contribution < -0.4 is 11.1 Å². The highest BCUT2D eigenvalue weighted by Crippen LogP contribution is 2.39. The van der Waals surface area contributed by atoms with Crippen LogP contribution >= 0.6 is 11.3 Å². The molecule has 0 bridgehead atoms. The van der Waals surface area contributed by atoms with Gasteiger partial charge in [0, 0.05) is 17.6 Å². The molecule has 0 saturated carbocycles. The average Bonchev–Trinajstić information content (AvgIpc) is 3.37. The molecule has 186 valence electrons. The molecule has 1 fully saturated rings. The molecule has 9 nitrogen and oxygen atoms in total. The fourth-order valence-electron chi connectivity index (χ4n) is 3.21. The summed E-state index contributed by atoms with van der Waals surface area (Å²) in [4.78, 5) is 33.0. The van der Waals surface area contributed by atoms with E-state index in [2.05, 4.69) is 22.0 Å². The summed E-state index contributed by atoms with van der Waals surface area (Å²) in [7, 11) is 0. The molecule has 0 spiro atoms. The van der Waals surface area contributed by atoms with Crippen LogP contribution in [0.15, 0.2) is 40.1 Å². The first-order valence-electron chi connectivity index (χ1n) is 10.5. The second-order valence-electron chi connectivity index (χ2n) is 8.08. The summed E-state index contributed by atoms with van der Waals surface area (Å²) < 4.78 is 34.4. The Labute approximate surface area is 204 Å². The van der Waals surface area contributed by atoms with Crippen LogP contribution in [-0.2, 0) is 10.3 Å². The molecule has 1 aliphatic heterocycles. The lowest BCUT2D eigenvalue weighted by atomic mass is 9.96. The molecular weight excluding hydrogens is 480 g/mol. The highest BCUT2D eigenvalue weighted by atomic mass is 32.1. The number of cyclic esters (lactones) is 1. The minimum Gasteiger partial charge on any atom is -0.448 e. The van der Waals surface area contributed by atoms with E-state index in [1.165, 1.54) is 37.1 Å². The maximum atomic E-state index is 14.8. The zero-order valence-corrected chi connectivity index (χ0v) is 20.0. The minimum atomic E-state index is -1.44. The number of anilines is 1. The van der Waals surface area contributed by atoms with E-state index in [1.807, 2.05) is 0 Å². The number of hydrogen-bond acceptors (Lipinski definition) is 8. The van der Waals surface area contributed by atoms with E-state index in [0.717, 1.165) is 23.5 Å².